The first-order chi connectivity index (χ1) is 5.43. The average Bonchev–Trinajstić information content (AvgIpc) is 2.58. The summed E-state index contributed by atoms with van der Waals surface area (Å²) in [7, 11) is 0. The first kappa shape index (κ1) is 5.77. The second kappa shape index (κ2) is 1.85. The molecule has 0 aliphatic carbocycles. The lowest BCUT2D eigenvalue weighted by Gasteiger charge is -2.18. The van der Waals surface area contributed by atoms with Crippen molar-refractivity contribution in [2.75, 3.05) is 0 Å². The predicted molar refractivity (Wildman–Crippen MR) is 39.1 cm³/mol. The van der Waals surface area contributed by atoms with Crippen LogP contribution in [0.2, 0.25) is 0 Å². The van der Waals surface area contributed by atoms with E-state index < -0.39 is 0 Å². The Morgan fingerprint density at radius 2 is 2.55 bits per heavy atom. The highest BCUT2D eigenvalue weighted by Crippen LogP contribution is 2.35. The molecule has 0 spiro atoms. The van der Waals surface area contributed by atoms with E-state index in [-0.39, 0.29) is 0 Å². The Kier molecular flexibility index (Phi) is 0.973. The summed E-state index contributed by atoms with van der Waals surface area (Å²) in [4.78, 5) is 0. The van der Waals surface area contributed by atoms with Gasteiger partial charge < -0.3 is 9.84 Å². The van der Waals surface area contributed by atoms with Gasteiger partial charge in [-0.2, -0.15) is 0 Å². The molecule has 0 amide bonds. The number of hydrogen-bond donors (Lipinski definition) is 1. The molecule has 3 nitrogen and oxygen atoms in total. The molecule has 2 unspecified atom stereocenters. The molecule has 3 heteroatoms. The molecule has 0 aromatic carbocycles. The van der Waals surface area contributed by atoms with Crippen LogP contribution in [0.5, 0.6) is 0 Å². The van der Waals surface area contributed by atoms with Gasteiger partial charge in [0.2, 0.25) is 0 Å². The third kappa shape index (κ3) is 0.688. The number of hydrogen-bond acceptors (Lipinski definition) is 3. The molecule has 3 rings (SSSR count). The standard InChI is InChI=1S/C8H10N2O/c1-2-7-6-4-9-11-8(6)3-5(1)10-7/h4-5,7,10H,1-3H2. The third-order valence-corrected chi connectivity index (χ3v) is 2.72. The van der Waals surface area contributed by atoms with Crippen LogP contribution in [-0.4, -0.2) is 11.2 Å². The number of aromatic nitrogens is 1. The molecule has 1 aromatic rings. The lowest BCUT2D eigenvalue weighted by molar-refractivity contribution is 0.355. The second-order valence-corrected chi connectivity index (χ2v) is 3.40. The maximum atomic E-state index is 5.15. The number of rotatable bonds is 0. The van der Waals surface area contributed by atoms with Gasteiger partial charge >= 0.3 is 0 Å². The molecular weight excluding hydrogens is 140 g/mol. The van der Waals surface area contributed by atoms with Crippen LogP contribution in [0.1, 0.15) is 30.2 Å². The van der Waals surface area contributed by atoms with Crippen molar-refractivity contribution in [1.29, 1.82) is 0 Å². The molecule has 58 valence electrons. The van der Waals surface area contributed by atoms with E-state index in [9.17, 15) is 0 Å². The Morgan fingerprint density at radius 1 is 1.55 bits per heavy atom. The van der Waals surface area contributed by atoms with Gasteiger partial charge in [0.05, 0.1) is 6.20 Å². The van der Waals surface area contributed by atoms with E-state index in [1.807, 2.05) is 6.20 Å². The monoisotopic (exact) mass is 150 g/mol. The summed E-state index contributed by atoms with van der Waals surface area (Å²) in [5, 5.41) is 7.34. The summed E-state index contributed by atoms with van der Waals surface area (Å²) in [6, 6.07) is 1.19. The summed E-state index contributed by atoms with van der Waals surface area (Å²) in [6.45, 7) is 0. The Hall–Kier alpha value is -0.830. The maximum absolute atomic E-state index is 5.15. The second-order valence-electron chi connectivity index (χ2n) is 3.40. The van der Waals surface area contributed by atoms with Gasteiger partial charge in [-0.25, -0.2) is 0 Å². The molecular formula is C8H10N2O. The van der Waals surface area contributed by atoms with E-state index in [0.29, 0.717) is 12.1 Å². The first-order valence-corrected chi connectivity index (χ1v) is 4.13. The van der Waals surface area contributed by atoms with Gasteiger partial charge in [0, 0.05) is 24.1 Å². The highest BCUT2D eigenvalue weighted by molar-refractivity contribution is 5.25. The van der Waals surface area contributed by atoms with E-state index in [2.05, 4.69) is 10.5 Å². The molecule has 3 heterocycles. The van der Waals surface area contributed by atoms with Gasteiger partial charge in [0.15, 0.2) is 0 Å². The predicted octanol–water partition coefficient (Wildman–Crippen LogP) is 1.02. The molecule has 0 saturated carbocycles. The van der Waals surface area contributed by atoms with Gasteiger partial charge in [0.25, 0.3) is 0 Å². The van der Waals surface area contributed by atoms with E-state index in [0.717, 1.165) is 12.2 Å². The molecule has 1 fully saturated rings. The Balaban J connectivity index is 2.12. The van der Waals surface area contributed by atoms with Gasteiger partial charge in [-0.05, 0) is 12.8 Å². The van der Waals surface area contributed by atoms with Crippen LogP contribution in [-0.2, 0) is 6.42 Å². The van der Waals surface area contributed by atoms with Crippen LogP contribution in [0.25, 0.3) is 0 Å². The molecule has 1 aromatic heterocycles. The van der Waals surface area contributed by atoms with E-state index >= 15 is 0 Å². The molecule has 2 aliphatic heterocycles. The summed E-state index contributed by atoms with van der Waals surface area (Å²) < 4.78 is 5.15. The summed E-state index contributed by atoms with van der Waals surface area (Å²) in [5.74, 6) is 1.11. The Labute approximate surface area is 64.8 Å². The fraction of sp³-hybridized carbons (Fsp3) is 0.625. The molecule has 2 atom stereocenters. The lowest BCUT2D eigenvalue weighted by Crippen LogP contribution is -2.30. The third-order valence-electron chi connectivity index (χ3n) is 2.72. The molecule has 11 heavy (non-hydrogen) atoms. The highest BCUT2D eigenvalue weighted by atomic mass is 16.5. The van der Waals surface area contributed by atoms with Gasteiger partial charge in [0.1, 0.15) is 5.76 Å². The van der Waals surface area contributed by atoms with Gasteiger partial charge in [-0.1, -0.05) is 5.16 Å². The fourth-order valence-electron chi connectivity index (χ4n) is 2.16. The normalized spacial score (nSPS) is 33.8. The molecule has 1 N–H and O–H groups in total. The SMILES string of the molecule is c1noc2c1C1CCC(C2)N1. The van der Waals surface area contributed by atoms with Crippen molar-refractivity contribution in [2.45, 2.75) is 31.3 Å². The van der Waals surface area contributed by atoms with Crippen LogP contribution in [0.3, 0.4) is 0 Å². The molecule has 2 aliphatic rings. The largest absolute Gasteiger partial charge is 0.361 e. The zero-order valence-electron chi connectivity index (χ0n) is 6.21. The Morgan fingerprint density at radius 3 is 3.55 bits per heavy atom. The summed E-state index contributed by atoms with van der Waals surface area (Å²) in [5.41, 5.74) is 1.29. The average molecular weight is 150 g/mol. The number of nitrogens with zero attached hydrogens (tertiary/aromatic N) is 1. The molecule has 0 radical (unpaired) electrons. The summed E-state index contributed by atoms with van der Waals surface area (Å²) >= 11 is 0. The lowest BCUT2D eigenvalue weighted by atomic mass is 10.0. The highest BCUT2D eigenvalue weighted by Gasteiger charge is 2.34. The smallest absolute Gasteiger partial charge is 0.143 e. The minimum absolute atomic E-state index is 0.537. The van der Waals surface area contributed by atoms with Crippen molar-refractivity contribution in [3.63, 3.8) is 0 Å². The van der Waals surface area contributed by atoms with E-state index in [4.69, 9.17) is 4.52 Å². The van der Waals surface area contributed by atoms with Crippen molar-refractivity contribution < 1.29 is 4.52 Å². The first-order valence-electron chi connectivity index (χ1n) is 4.13. The maximum Gasteiger partial charge on any atom is 0.143 e. The number of nitrogens with one attached hydrogen (secondary N) is 1. The van der Waals surface area contributed by atoms with E-state index in [1.54, 1.807) is 0 Å². The van der Waals surface area contributed by atoms with Crippen LogP contribution >= 0.6 is 0 Å². The molecule has 1 saturated heterocycles. The fourth-order valence-corrected chi connectivity index (χ4v) is 2.16. The van der Waals surface area contributed by atoms with Crippen LogP contribution < -0.4 is 5.32 Å². The van der Waals surface area contributed by atoms with Crippen molar-refractivity contribution in [1.82, 2.24) is 10.5 Å². The van der Waals surface area contributed by atoms with Crippen molar-refractivity contribution in [3.8, 4) is 0 Å². The topological polar surface area (TPSA) is 38.1 Å². The van der Waals surface area contributed by atoms with Crippen LogP contribution in [0.4, 0.5) is 0 Å². The van der Waals surface area contributed by atoms with Gasteiger partial charge in [-0.15, -0.1) is 0 Å². The summed E-state index contributed by atoms with van der Waals surface area (Å²) in [6.07, 6.45) is 5.42. The van der Waals surface area contributed by atoms with Crippen molar-refractivity contribution in [3.05, 3.63) is 17.5 Å². The van der Waals surface area contributed by atoms with Gasteiger partial charge in [-0.3, -0.25) is 0 Å². The van der Waals surface area contributed by atoms with E-state index in [1.165, 1.54) is 18.4 Å². The van der Waals surface area contributed by atoms with Crippen LogP contribution in [0.15, 0.2) is 10.7 Å². The molecule has 2 bridgehead atoms. The minimum atomic E-state index is 0.537. The zero-order chi connectivity index (χ0) is 7.26. The van der Waals surface area contributed by atoms with Crippen molar-refractivity contribution >= 4 is 0 Å². The quantitative estimate of drug-likeness (QED) is 0.600. The van der Waals surface area contributed by atoms with Crippen LogP contribution in [0, 0.1) is 0 Å². The number of fused-ring (bicyclic) bond motifs is 4. The Bertz CT molecular complexity index is 281. The zero-order valence-corrected chi connectivity index (χ0v) is 6.21. The van der Waals surface area contributed by atoms with Crippen molar-refractivity contribution in [2.24, 2.45) is 0 Å². The minimum Gasteiger partial charge on any atom is -0.361 e.